The van der Waals surface area contributed by atoms with Gasteiger partial charge in [0.25, 0.3) is 11.7 Å². The lowest BCUT2D eigenvalue weighted by Gasteiger charge is -2.38. The number of pyridine rings is 1. The van der Waals surface area contributed by atoms with Crippen LogP contribution in [0.4, 0.5) is 0 Å². The van der Waals surface area contributed by atoms with Crippen LogP contribution in [0, 0.1) is 0 Å². The largest absolute Gasteiger partial charge is 0.494 e. The van der Waals surface area contributed by atoms with Crippen LogP contribution < -0.4 is 10.2 Å². The first kappa shape index (κ1) is 20.8. The lowest BCUT2D eigenvalue weighted by atomic mass is 10.1. The minimum Gasteiger partial charge on any atom is -0.494 e. The standard InChI is InChI=1S/C23H21N9O3/c1-35-16-12-25-22(32-8-7-26-29-32)19-18(16)15(11-24-19)20(33)23(34)30-9-10-31-17(13-30)27-28-21(31)14-5-3-2-4-6-14/h2-8,11-12,17,24,27H,9-10,13H2,1H3. The number of amidine groups is 1. The Labute approximate surface area is 199 Å². The molecule has 12 heteroatoms. The molecule has 0 radical (unpaired) electrons. The average molecular weight is 471 g/mol. The van der Waals surface area contributed by atoms with Crippen molar-refractivity contribution in [3.63, 3.8) is 0 Å². The molecule has 0 aliphatic carbocycles. The topological polar surface area (TPSA) is 134 Å². The smallest absolute Gasteiger partial charge is 0.295 e. The number of amides is 1. The van der Waals surface area contributed by atoms with Crippen molar-refractivity contribution < 1.29 is 14.3 Å². The number of carbonyl (C=O) groups excluding carboxylic acids is 2. The summed E-state index contributed by atoms with van der Waals surface area (Å²) in [5, 5.41) is 12.7. The molecule has 1 unspecified atom stereocenters. The first-order valence-electron chi connectivity index (χ1n) is 11.1. The quantitative estimate of drug-likeness (QED) is 0.322. The number of fused-ring (bicyclic) bond motifs is 2. The summed E-state index contributed by atoms with van der Waals surface area (Å²) in [6.45, 7) is 1.29. The molecular formula is C23H21N9O3. The van der Waals surface area contributed by atoms with Crippen LogP contribution >= 0.6 is 0 Å². The Morgan fingerprint density at radius 1 is 1.17 bits per heavy atom. The van der Waals surface area contributed by atoms with Crippen molar-refractivity contribution in [2.75, 3.05) is 26.7 Å². The Hall–Kier alpha value is -4.74. The molecule has 1 atom stereocenters. The second kappa shape index (κ2) is 8.24. The Balaban J connectivity index is 1.25. The van der Waals surface area contributed by atoms with E-state index in [1.807, 2.05) is 30.3 Å². The summed E-state index contributed by atoms with van der Waals surface area (Å²) in [4.78, 5) is 37.8. The number of H-pyrrole nitrogens is 1. The Morgan fingerprint density at radius 3 is 2.80 bits per heavy atom. The van der Waals surface area contributed by atoms with E-state index in [-0.39, 0.29) is 11.7 Å². The average Bonchev–Trinajstić information content (AvgIpc) is 3.67. The number of hydrazone groups is 1. The first-order chi connectivity index (χ1) is 17.2. The molecule has 35 heavy (non-hydrogen) atoms. The number of aromatic nitrogens is 5. The van der Waals surface area contributed by atoms with Crippen LogP contribution in [0.5, 0.6) is 5.75 Å². The number of aromatic amines is 1. The van der Waals surface area contributed by atoms with Crippen molar-refractivity contribution in [2.45, 2.75) is 6.17 Å². The van der Waals surface area contributed by atoms with Crippen molar-refractivity contribution in [1.82, 2.24) is 40.2 Å². The zero-order valence-corrected chi connectivity index (χ0v) is 18.8. The summed E-state index contributed by atoms with van der Waals surface area (Å²) < 4.78 is 6.92. The lowest BCUT2D eigenvalue weighted by molar-refractivity contribution is -0.128. The van der Waals surface area contributed by atoms with Gasteiger partial charge in [0, 0.05) is 24.8 Å². The molecule has 0 saturated carbocycles. The van der Waals surface area contributed by atoms with Crippen molar-refractivity contribution in [1.29, 1.82) is 0 Å². The number of hydrogen-bond acceptors (Lipinski definition) is 9. The van der Waals surface area contributed by atoms with Gasteiger partial charge in [0.1, 0.15) is 11.9 Å². The molecule has 176 valence electrons. The van der Waals surface area contributed by atoms with Crippen molar-refractivity contribution in [3.05, 3.63) is 66.2 Å². The molecule has 0 bridgehead atoms. The normalized spacial score (nSPS) is 17.2. The molecule has 1 fully saturated rings. The maximum absolute atomic E-state index is 13.4. The minimum absolute atomic E-state index is 0.198. The molecule has 0 spiro atoms. The van der Waals surface area contributed by atoms with E-state index in [1.165, 1.54) is 30.4 Å². The predicted molar refractivity (Wildman–Crippen MR) is 125 cm³/mol. The second-order valence-electron chi connectivity index (χ2n) is 8.17. The van der Waals surface area contributed by atoms with Crippen LogP contribution in [0.1, 0.15) is 15.9 Å². The molecule has 1 amide bonds. The van der Waals surface area contributed by atoms with Crippen molar-refractivity contribution in [3.8, 4) is 11.6 Å². The van der Waals surface area contributed by atoms with Crippen LogP contribution in [-0.4, -0.2) is 85.2 Å². The van der Waals surface area contributed by atoms with E-state index >= 15 is 0 Å². The van der Waals surface area contributed by atoms with Gasteiger partial charge in [-0.05, 0) is 0 Å². The van der Waals surface area contributed by atoms with E-state index in [9.17, 15) is 9.59 Å². The van der Waals surface area contributed by atoms with E-state index < -0.39 is 11.7 Å². The number of ketones is 1. The summed E-state index contributed by atoms with van der Waals surface area (Å²) in [5.74, 6) is 0.453. The van der Waals surface area contributed by atoms with Gasteiger partial charge in [-0.15, -0.1) is 5.10 Å². The molecule has 2 aliphatic heterocycles. The SMILES string of the molecule is COc1cnc(-n2ccnn2)c2[nH]cc(C(=O)C(=O)N3CCN4C(c5ccccc5)=NNC4C3)c12. The van der Waals surface area contributed by atoms with E-state index in [1.54, 1.807) is 11.1 Å². The number of Topliss-reactive ketones (excluding diaryl/α,β-unsaturated/α-hetero) is 1. The number of rotatable bonds is 5. The molecule has 2 N–H and O–H groups in total. The Kier molecular flexibility index (Phi) is 4.90. The third-order valence-electron chi connectivity index (χ3n) is 6.24. The summed E-state index contributed by atoms with van der Waals surface area (Å²) in [7, 11) is 1.49. The van der Waals surface area contributed by atoms with Crippen molar-refractivity contribution >= 4 is 28.4 Å². The van der Waals surface area contributed by atoms with Gasteiger partial charge in [-0.25, -0.2) is 9.67 Å². The maximum atomic E-state index is 13.4. The van der Waals surface area contributed by atoms with Crippen LogP contribution in [0.2, 0.25) is 0 Å². The van der Waals surface area contributed by atoms with Crippen molar-refractivity contribution in [2.24, 2.45) is 5.10 Å². The molecule has 1 aromatic carbocycles. The Bertz CT molecular complexity index is 1450. The number of ether oxygens (including phenoxy) is 1. The van der Waals surface area contributed by atoms with E-state index in [4.69, 9.17) is 4.74 Å². The molecule has 2 aliphatic rings. The number of carbonyl (C=O) groups is 2. The fraction of sp³-hybridized carbons (Fsp3) is 0.217. The lowest BCUT2D eigenvalue weighted by Crippen LogP contribution is -2.58. The maximum Gasteiger partial charge on any atom is 0.295 e. The third-order valence-corrected chi connectivity index (χ3v) is 6.24. The fourth-order valence-electron chi connectivity index (χ4n) is 4.54. The molecule has 5 heterocycles. The highest BCUT2D eigenvalue weighted by molar-refractivity contribution is 6.45. The highest BCUT2D eigenvalue weighted by Crippen LogP contribution is 2.32. The number of piperazine rings is 1. The molecule has 12 nitrogen and oxygen atoms in total. The summed E-state index contributed by atoms with van der Waals surface area (Å²) in [6, 6.07) is 9.87. The molecule has 3 aromatic heterocycles. The number of benzene rings is 1. The van der Waals surface area contributed by atoms with Crippen LogP contribution in [0.25, 0.3) is 16.7 Å². The van der Waals surface area contributed by atoms with Crippen LogP contribution in [-0.2, 0) is 4.79 Å². The molecular weight excluding hydrogens is 450 g/mol. The number of nitrogens with one attached hydrogen (secondary N) is 2. The number of nitrogens with zero attached hydrogens (tertiary/aromatic N) is 7. The highest BCUT2D eigenvalue weighted by atomic mass is 16.5. The van der Waals surface area contributed by atoms with Gasteiger partial charge in [-0.3, -0.25) is 15.0 Å². The minimum atomic E-state index is -0.624. The Morgan fingerprint density at radius 2 is 2.03 bits per heavy atom. The van der Waals surface area contributed by atoms with Gasteiger partial charge in [-0.2, -0.15) is 5.10 Å². The number of methoxy groups -OCH3 is 1. The van der Waals surface area contributed by atoms with E-state index in [0.717, 1.165) is 11.4 Å². The van der Waals surface area contributed by atoms with Gasteiger partial charge >= 0.3 is 0 Å². The first-order valence-corrected chi connectivity index (χ1v) is 11.1. The summed E-state index contributed by atoms with van der Waals surface area (Å²) in [5.41, 5.74) is 4.83. The molecule has 6 rings (SSSR count). The zero-order valence-electron chi connectivity index (χ0n) is 18.8. The third kappa shape index (κ3) is 3.38. The van der Waals surface area contributed by atoms with E-state index in [2.05, 4.69) is 35.7 Å². The van der Waals surface area contributed by atoms with Crippen LogP contribution in [0.15, 0.2) is 60.2 Å². The summed E-state index contributed by atoms with van der Waals surface area (Å²) >= 11 is 0. The summed E-state index contributed by atoms with van der Waals surface area (Å²) in [6.07, 6.45) is 5.98. The van der Waals surface area contributed by atoms with Gasteiger partial charge in [0.2, 0.25) is 0 Å². The van der Waals surface area contributed by atoms with Crippen LogP contribution in [0.3, 0.4) is 0 Å². The zero-order chi connectivity index (χ0) is 23.9. The van der Waals surface area contributed by atoms with E-state index in [0.29, 0.717) is 42.1 Å². The van der Waals surface area contributed by atoms with Gasteiger partial charge in [0.05, 0.1) is 48.7 Å². The van der Waals surface area contributed by atoms with Gasteiger partial charge in [-0.1, -0.05) is 35.5 Å². The van der Waals surface area contributed by atoms with Gasteiger partial charge in [0.15, 0.2) is 11.7 Å². The predicted octanol–water partition coefficient (Wildman–Crippen LogP) is 0.770. The second-order valence-corrected chi connectivity index (χ2v) is 8.17. The van der Waals surface area contributed by atoms with Gasteiger partial charge < -0.3 is 19.5 Å². The highest BCUT2D eigenvalue weighted by Gasteiger charge is 2.38. The molecule has 4 aromatic rings. The number of hydrogen-bond donors (Lipinski definition) is 2. The molecule has 1 saturated heterocycles. The monoisotopic (exact) mass is 471 g/mol. The fourth-order valence-corrected chi connectivity index (χ4v) is 4.54.